The molecule has 5 heteroatoms. The highest BCUT2D eigenvalue weighted by Gasteiger charge is 2.06. The lowest BCUT2D eigenvalue weighted by Crippen LogP contribution is -2.21. The Labute approximate surface area is 118 Å². The molecule has 102 valence electrons. The Balaban J connectivity index is 2.01. The van der Waals surface area contributed by atoms with E-state index in [1.54, 1.807) is 12.4 Å². The first-order valence-electron chi connectivity index (χ1n) is 6.46. The van der Waals surface area contributed by atoms with Crippen LogP contribution in [0.25, 0.3) is 0 Å². The van der Waals surface area contributed by atoms with Crippen LogP contribution in [0.3, 0.4) is 0 Å². The number of nitrogens with one attached hydrogen (secondary N) is 1. The van der Waals surface area contributed by atoms with E-state index in [1.807, 2.05) is 18.5 Å². The minimum absolute atomic E-state index is 0.637. The second kappa shape index (κ2) is 6.68. The zero-order chi connectivity index (χ0) is 13.7. The fraction of sp³-hybridized carbons (Fsp3) is 0.429. The topological polar surface area (TPSA) is 42.7 Å². The zero-order valence-corrected chi connectivity index (χ0v) is 12.1. The Bertz CT molecular complexity index is 522. The molecule has 2 aromatic heterocycles. The van der Waals surface area contributed by atoms with Gasteiger partial charge in [0.15, 0.2) is 0 Å². The molecule has 0 spiro atoms. The summed E-state index contributed by atoms with van der Waals surface area (Å²) in [4.78, 5) is 8.38. The summed E-state index contributed by atoms with van der Waals surface area (Å²) in [7, 11) is 0. The Morgan fingerprint density at radius 3 is 2.95 bits per heavy atom. The summed E-state index contributed by atoms with van der Waals surface area (Å²) < 4.78 is 2.11. The minimum Gasteiger partial charge on any atom is -0.329 e. The Kier molecular flexibility index (Phi) is 4.93. The van der Waals surface area contributed by atoms with Crippen LogP contribution in [0, 0.1) is 5.92 Å². The van der Waals surface area contributed by atoms with E-state index in [2.05, 4.69) is 33.7 Å². The number of pyridine rings is 1. The maximum Gasteiger partial charge on any atom is 0.122 e. The second-order valence-electron chi connectivity index (χ2n) is 4.96. The van der Waals surface area contributed by atoms with Gasteiger partial charge in [0, 0.05) is 24.8 Å². The van der Waals surface area contributed by atoms with E-state index in [0.717, 1.165) is 31.0 Å². The van der Waals surface area contributed by atoms with Crippen molar-refractivity contribution >= 4 is 11.6 Å². The maximum absolute atomic E-state index is 6.13. The van der Waals surface area contributed by atoms with Gasteiger partial charge in [0.25, 0.3) is 0 Å². The van der Waals surface area contributed by atoms with Crippen LogP contribution in [0.4, 0.5) is 0 Å². The monoisotopic (exact) mass is 278 g/mol. The molecule has 0 unspecified atom stereocenters. The molecule has 2 rings (SSSR count). The van der Waals surface area contributed by atoms with E-state index >= 15 is 0 Å². The van der Waals surface area contributed by atoms with Crippen LogP contribution in [0.5, 0.6) is 0 Å². The molecular formula is C14H19ClN4. The molecule has 4 nitrogen and oxygen atoms in total. The second-order valence-corrected chi connectivity index (χ2v) is 5.37. The zero-order valence-electron chi connectivity index (χ0n) is 11.3. The molecule has 0 fully saturated rings. The molecular weight excluding hydrogens is 260 g/mol. The van der Waals surface area contributed by atoms with E-state index in [9.17, 15) is 0 Å². The van der Waals surface area contributed by atoms with E-state index < -0.39 is 0 Å². The molecule has 0 aliphatic rings. The van der Waals surface area contributed by atoms with Gasteiger partial charge in [-0.25, -0.2) is 4.98 Å². The van der Waals surface area contributed by atoms with Gasteiger partial charge in [-0.2, -0.15) is 0 Å². The molecule has 0 saturated heterocycles. The average Bonchev–Trinajstić information content (AvgIpc) is 2.79. The molecule has 0 saturated carbocycles. The van der Waals surface area contributed by atoms with Crippen molar-refractivity contribution in [3.05, 3.63) is 47.3 Å². The molecule has 0 atom stereocenters. The third-order valence-corrected chi connectivity index (χ3v) is 3.17. The van der Waals surface area contributed by atoms with Crippen molar-refractivity contribution in [2.45, 2.75) is 26.9 Å². The number of rotatable bonds is 6. The Hall–Kier alpha value is -1.39. The summed E-state index contributed by atoms with van der Waals surface area (Å²) in [5.41, 5.74) is 1.06. The van der Waals surface area contributed by atoms with Crippen molar-refractivity contribution < 1.29 is 0 Å². The third kappa shape index (κ3) is 4.04. The lowest BCUT2D eigenvalue weighted by atomic mass is 10.2. The summed E-state index contributed by atoms with van der Waals surface area (Å²) in [5.74, 6) is 1.66. The summed E-state index contributed by atoms with van der Waals surface area (Å²) >= 11 is 6.13. The average molecular weight is 279 g/mol. The van der Waals surface area contributed by atoms with E-state index in [1.165, 1.54) is 0 Å². The largest absolute Gasteiger partial charge is 0.329 e. The first-order chi connectivity index (χ1) is 9.16. The highest BCUT2D eigenvalue weighted by molar-refractivity contribution is 6.31. The highest BCUT2D eigenvalue weighted by atomic mass is 35.5. The summed E-state index contributed by atoms with van der Waals surface area (Å²) in [6.45, 7) is 6.86. The van der Waals surface area contributed by atoms with Crippen LogP contribution in [0.2, 0.25) is 5.02 Å². The maximum atomic E-state index is 6.13. The van der Waals surface area contributed by atoms with Gasteiger partial charge >= 0.3 is 0 Å². The molecule has 0 bridgehead atoms. The normalized spacial score (nSPS) is 11.2. The quantitative estimate of drug-likeness (QED) is 0.883. The third-order valence-electron chi connectivity index (χ3n) is 2.83. The molecule has 0 amide bonds. The van der Waals surface area contributed by atoms with Crippen LogP contribution in [-0.4, -0.2) is 21.1 Å². The Morgan fingerprint density at radius 2 is 2.21 bits per heavy atom. The van der Waals surface area contributed by atoms with Crippen molar-refractivity contribution in [1.82, 2.24) is 19.9 Å². The first kappa shape index (κ1) is 14.0. The fourth-order valence-electron chi connectivity index (χ4n) is 1.84. The van der Waals surface area contributed by atoms with Crippen LogP contribution >= 0.6 is 11.6 Å². The van der Waals surface area contributed by atoms with Gasteiger partial charge in [-0.1, -0.05) is 25.4 Å². The van der Waals surface area contributed by atoms with Crippen LogP contribution < -0.4 is 5.32 Å². The van der Waals surface area contributed by atoms with Gasteiger partial charge in [0.1, 0.15) is 5.82 Å². The molecule has 2 aromatic rings. The molecule has 19 heavy (non-hydrogen) atoms. The molecule has 2 heterocycles. The number of nitrogens with zero attached hydrogens (tertiary/aromatic N) is 3. The predicted molar refractivity (Wildman–Crippen MR) is 77.1 cm³/mol. The molecule has 0 radical (unpaired) electrons. The molecule has 0 aliphatic heterocycles. The van der Waals surface area contributed by atoms with Gasteiger partial charge in [-0.3, -0.25) is 4.98 Å². The summed E-state index contributed by atoms with van der Waals surface area (Å²) in [5, 5.41) is 4.09. The smallest absolute Gasteiger partial charge is 0.122 e. The van der Waals surface area contributed by atoms with Crippen molar-refractivity contribution in [2.75, 3.05) is 6.54 Å². The minimum atomic E-state index is 0.637. The van der Waals surface area contributed by atoms with Crippen molar-refractivity contribution in [2.24, 2.45) is 5.92 Å². The van der Waals surface area contributed by atoms with Crippen LogP contribution in [0.1, 0.15) is 25.2 Å². The van der Waals surface area contributed by atoms with Crippen molar-refractivity contribution in [3.8, 4) is 0 Å². The SMILES string of the molecule is CC(C)CNCc1nccn1Cc1ccncc1Cl. The van der Waals surface area contributed by atoms with Gasteiger partial charge in [0.05, 0.1) is 18.1 Å². The van der Waals surface area contributed by atoms with Gasteiger partial charge < -0.3 is 9.88 Å². The number of imidazole rings is 1. The Morgan fingerprint density at radius 1 is 1.37 bits per heavy atom. The van der Waals surface area contributed by atoms with Gasteiger partial charge in [-0.05, 0) is 24.1 Å². The number of hydrogen-bond donors (Lipinski definition) is 1. The van der Waals surface area contributed by atoms with Crippen molar-refractivity contribution in [1.29, 1.82) is 0 Å². The molecule has 1 N–H and O–H groups in total. The number of aromatic nitrogens is 3. The lowest BCUT2D eigenvalue weighted by molar-refractivity contribution is 0.533. The number of halogens is 1. The van der Waals surface area contributed by atoms with E-state index in [0.29, 0.717) is 10.9 Å². The summed E-state index contributed by atoms with van der Waals surface area (Å²) in [6, 6.07) is 1.94. The van der Waals surface area contributed by atoms with Crippen LogP contribution in [-0.2, 0) is 13.1 Å². The van der Waals surface area contributed by atoms with E-state index in [4.69, 9.17) is 11.6 Å². The van der Waals surface area contributed by atoms with Gasteiger partial charge in [-0.15, -0.1) is 0 Å². The fourth-order valence-corrected chi connectivity index (χ4v) is 2.02. The highest BCUT2D eigenvalue weighted by Crippen LogP contribution is 2.15. The predicted octanol–water partition coefficient (Wildman–Crippen LogP) is 2.73. The van der Waals surface area contributed by atoms with Gasteiger partial charge in [0.2, 0.25) is 0 Å². The lowest BCUT2D eigenvalue weighted by Gasteiger charge is -2.11. The number of hydrogen-bond acceptors (Lipinski definition) is 3. The van der Waals surface area contributed by atoms with Crippen LogP contribution in [0.15, 0.2) is 30.9 Å². The molecule has 0 aromatic carbocycles. The van der Waals surface area contributed by atoms with E-state index in [-0.39, 0.29) is 0 Å². The first-order valence-corrected chi connectivity index (χ1v) is 6.83. The summed E-state index contributed by atoms with van der Waals surface area (Å²) in [6.07, 6.45) is 7.23. The van der Waals surface area contributed by atoms with Crippen molar-refractivity contribution in [3.63, 3.8) is 0 Å². The standard InChI is InChI=1S/C14H19ClN4/c1-11(2)7-17-9-14-18-5-6-19(14)10-12-3-4-16-8-13(12)15/h3-6,8,11,17H,7,9-10H2,1-2H3. The molecule has 0 aliphatic carbocycles.